The second-order valence-corrected chi connectivity index (χ2v) is 5.44. The number of β-amino-alcohol motifs (C(OH)–C–C–N with tert-alkyl or cyclic N) is 1. The van der Waals surface area contributed by atoms with Crippen LogP contribution in [0.15, 0.2) is 0 Å². The summed E-state index contributed by atoms with van der Waals surface area (Å²) in [4.78, 5) is 7.82. The van der Waals surface area contributed by atoms with E-state index in [2.05, 4.69) is 18.7 Å². The summed E-state index contributed by atoms with van der Waals surface area (Å²) in [5.74, 6) is 0.693. The lowest BCUT2D eigenvalue weighted by atomic mass is 10.2. The van der Waals surface area contributed by atoms with Crippen molar-refractivity contribution >= 4 is 0 Å². The molecule has 0 amide bonds. The first-order valence-electron chi connectivity index (χ1n) is 6.53. The highest BCUT2D eigenvalue weighted by molar-refractivity contribution is 4.76. The summed E-state index contributed by atoms with van der Waals surface area (Å²) >= 11 is 0. The fraction of sp³-hybridized carbons (Fsp3) is 1.00. The molecule has 2 aliphatic rings. The molecule has 2 fully saturated rings. The van der Waals surface area contributed by atoms with Crippen molar-refractivity contribution in [3.05, 3.63) is 0 Å². The lowest BCUT2D eigenvalue weighted by Gasteiger charge is -2.35. The molecule has 0 radical (unpaired) electrons. The van der Waals surface area contributed by atoms with Gasteiger partial charge in [-0.2, -0.15) is 5.06 Å². The van der Waals surface area contributed by atoms with Crippen molar-refractivity contribution in [2.45, 2.75) is 26.1 Å². The summed E-state index contributed by atoms with van der Waals surface area (Å²) in [5, 5.41) is 11.2. The number of hydrogen-bond acceptors (Lipinski definition) is 5. The number of aliphatic hydroxyl groups excluding tert-OH is 1. The first-order valence-corrected chi connectivity index (χ1v) is 6.53. The van der Waals surface area contributed by atoms with Crippen LogP contribution in [-0.2, 0) is 9.57 Å². The molecule has 5 nitrogen and oxygen atoms in total. The molecule has 100 valence electrons. The van der Waals surface area contributed by atoms with Gasteiger partial charge in [0.2, 0.25) is 0 Å². The molecule has 0 aliphatic carbocycles. The van der Waals surface area contributed by atoms with Crippen LogP contribution in [0.2, 0.25) is 0 Å². The molecule has 0 saturated carbocycles. The van der Waals surface area contributed by atoms with Crippen molar-refractivity contribution in [1.82, 2.24) is 9.96 Å². The third kappa shape index (κ3) is 4.19. The highest BCUT2D eigenvalue weighted by Crippen LogP contribution is 2.12. The SMILES string of the molecule is CC(C)CN1CCOC(CN2C[C@@H](O)CO2)C1. The van der Waals surface area contributed by atoms with Crippen LogP contribution >= 0.6 is 0 Å². The third-order valence-corrected chi connectivity index (χ3v) is 3.12. The molecule has 0 aromatic rings. The molecule has 2 rings (SSSR count). The fourth-order valence-corrected chi connectivity index (χ4v) is 2.46. The van der Waals surface area contributed by atoms with Crippen molar-refractivity contribution in [1.29, 1.82) is 0 Å². The maximum atomic E-state index is 9.38. The first kappa shape index (κ1) is 13.2. The normalized spacial score (nSPS) is 32.5. The van der Waals surface area contributed by atoms with Crippen LogP contribution in [0, 0.1) is 5.92 Å². The second-order valence-electron chi connectivity index (χ2n) is 5.44. The minimum absolute atomic E-state index is 0.202. The van der Waals surface area contributed by atoms with E-state index in [0.29, 0.717) is 19.1 Å². The summed E-state index contributed by atoms with van der Waals surface area (Å²) < 4.78 is 5.74. The number of ether oxygens (including phenoxy) is 1. The standard InChI is InChI=1S/C12H24N2O3/c1-10(2)5-13-3-4-16-12(7-13)8-14-6-11(15)9-17-14/h10-12,15H,3-9H2,1-2H3/t11-,12?/m1/s1. The average molecular weight is 244 g/mol. The Morgan fingerprint density at radius 1 is 1.35 bits per heavy atom. The molecular weight excluding hydrogens is 220 g/mol. The zero-order valence-corrected chi connectivity index (χ0v) is 10.8. The van der Waals surface area contributed by atoms with E-state index in [-0.39, 0.29) is 12.2 Å². The Morgan fingerprint density at radius 3 is 2.82 bits per heavy atom. The summed E-state index contributed by atoms with van der Waals surface area (Å²) in [6.45, 7) is 10.2. The Morgan fingerprint density at radius 2 is 2.18 bits per heavy atom. The van der Waals surface area contributed by atoms with E-state index in [1.54, 1.807) is 0 Å². The molecule has 2 heterocycles. The van der Waals surface area contributed by atoms with Crippen LogP contribution in [0.4, 0.5) is 0 Å². The number of hydrogen-bond donors (Lipinski definition) is 1. The molecule has 0 bridgehead atoms. The van der Waals surface area contributed by atoms with Crippen molar-refractivity contribution < 1.29 is 14.7 Å². The van der Waals surface area contributed by atoms with Crippen molar-refractivity contribution in [3.8, 4) is 0 Å². The lowest BCUT2D eigenvalue weighted by Crippen LogP contribution is -2.48. The van der Waals surface area contributed by atoms with E-state index in [9.17, 15) is 5.11 Å². The van der Waals surface area contributed by atoms with Crippen molar-refractivity contribution in [2.75, 3.05) is 45.9 Å². The van der Waals surface area contributed by atoms with Gasteiger partial charge in [0.25, 0.3) is 0 Å². The van der Waals surface area contributed by atoms with Gasteiger partial charge in [0, 0.05) is 19.6 Å². The van der Waals surface area contributed by atoms with Gasteiger partial charge in [-0.15, -0.1) is 0 Å². The minimum Gasteiger partial charge on any atom is -0.389 e. The molecule has 0 aromatic carbocycles. The van der Waals surface area contributed by atoms with Gasteiger partial charge in [0.05, 0.1) is 38.5 Å². The van der Waals surface area contributed by atoms with Crippen LogP contribution in [0.1, 0.15) is 13.8 Å². The number of aliphatic hydroxyl groups is 1. The fourth-order valence-electron chi connectivity index (χ4n) is 2.46. The molecule has 2 aliphatic heterocycles. The average Bonchev–Trinajstić information content (AvgIpc) is 2.63. The van der Waals surface area contributed by atoms with Crippen LogP contribution in [-0.4, -0.2) is 73.2 Å². The second kappa shape index (κ2) is 6.11. The molecule has 1 N–H and O–H groups in total. The van der Waals surface area contributed by atoms with E-state index < -0.39 is 0 Å². The monoisotopic (exact) mass is 244 g/mol. The minimum atomic E-state index is -0.342. The van der Waals surface area contributed by atoms with Crippen LogP contribution in [0.25, 0.3) is 0 Å². The predicted octanol–water partition coefficient (Wildman–Crippen LogP) is -0.0487. The van der Waals surface area contributed by atoms with Crippen molar-refractivity contribution in [3.63, 3.8) is 0 Å². The van der Waals surface area contributed by atoms with Crippen LogP contribution in [0.5, 0.6) is 0 Å². The third-order valence-electron chi connectivity index (χ3n) is 3.12. The van der Waals surface area contributed by atoms with E-state index in [0.717, 1.165) is 32.8 Å². The molecule has 2 atom stereocenters. The van der Waals surface area contributed by atoms with Gasteiger partial charge in [-0.1, -0.05) is 13.8 Å². The van der Waals surface area contributed by atoms with E-state index in [1.807, 2.05) is 5.06 Å². The Kier molecular flexibility index (Phi) is 4.76. The smallest absolute Gasteiger partial charge is 0.0958 e. The Balaban J connectivity index is 1.73. The Bertz CT molecular complexity index is 238. The highest BCUT2D eigenvalue weighted by atomic mass is 16.7. The summed E-state index contributed by atoms with van der Waals surface area (Å²) in [6, 6.07) is 0. The molecule has 0 aromatic heterocycles. The topological polar surface area (TPSA) is 45.2 Å². The summed E-state index contributed by atoms with van der Waals surface area (Å²) in [6.07, 6.45) is -0.141. The molecule has 2 saturated heterocycles. The zero-order chi connectivity index (χ0) is 12.3. The quantitative estimate of drug-likeness (QED) is 0.751. The maximum absolute atomic E-state index is 9.38. The number of nitrogens with zero attached hydrogens (tertiary/aromatic N) is 2. The predicted molar refractivity (Wildman–Crippen MR) is 64.5 cm³/mol. The first-order chi connectivity index (χ1) is 8.13. The van der Waals surface area contributed by atoms with Crippen LogP contribution < -0.4 is 0 Å². The molecule has 1 unspecified atom stereocenters. The summed E-state index contributed by atoms with van der Waals surface area (Å²) in [5.41, 5.74) is 0. The molecular formula is C12H24N2O3. The van der Waals surface area contributed by atoms with Gasteiger partial charge in [-0.3, -0.25) is 9.74 Å². The summed E-state index contributed by atoms with van der Waals surface area (Å²) in [7, 11) is 0. The Hall–Kier alpha value is -0.200. The van der Waals surface area contributed by atoms with E-state index >= 15 is 0 Å². The largest absolute Gasteiger partial charge is 0.389 e. The van der Waals surface area contributed by atoms with Gasteiger partial charge in [-0.25, -0.2) is 0 Å². The van der Waals surface area contributed by atoms with Gasteiger partial charge in [0.1, 0.15) is 0 Å². The van der Waals surface area contributed by atoms with Gasteiger partial charge < -0.3 is 9.84 Å². The maximum Gasteiger partial charge on any atom is 0.0958 e. The van der Waals surface area contributed by atoms with Crippen molar-refractivity contribution in [2.24, 2.45) is 5.92 Å². The van der Waals surface area contributed by atoms with Gasteiger partial charge >= 0.3 is 0 Å². The highest BCUT2D eigenvalue weighted by Gasteiger charge is 2.27. The van der Waals surface area contributed by atoms with Gasteiger partial charge in [-0.05, 0) is 5.92 Å². The number of rotatable bonds is 4. The molecule has 5 heteroatoms. The lowest BCUT2D eigenvalue weighted by molar-refractivity contribution is -0.148. The zero-order valence-electron chi connectivity index (χ0n) is 10.8. The number of hydroxylamine groups is 2. The molecule has 0 spiro atoms. The van der Waals surface area contributed by atoms with E-state index in [1.165, 1.54) is 0 Å². The van der Waals surface area contributed by atoms with E-state index in [4.69, 9.17) is 9.57 Å². The van der Waals surface area contributed by atoms with Crippen LogP contribution in [0.3, 0.4) is 0 Å². The Labute approximate surface area is 103 Å². The molecule has 17 heavy (non-hydrogen) atoms. The number of morpholine rings is 1. The van der Waals surface area contributed by atoms with Gasteiger partial charge in [0.15, 0.2) is 0 Å².